The van der Waals surface area contributed by atoms with Crippen LogP contribution >= 0.6 is 11.3 Å². The minimum absolute atomic E-state index is 0.0456. The Kier molecular flexibility index (Phi) is 7.18. The molecule has 1 amide bonds. The summed E-state index contributed by atoms with van der Waals surface area (Å²) in [5, 5.41) is 0. The topological polar surface area (TPSA) is 59.5 Å². The molecule has 0 radical (unpaired) electrons. The average molecular weight is 437 g/mol. The van der Waals surface area contributed by atoms with Crippen LogP contribution in [0.5, 0.6) is 0 Å². The summed E-state index contributed by atoms with van der Waals surface area (Å²) in [5.41, 5.74) is 1.90. The lowest BCUT2D eigenvalue weighted by molar-refractivity contribution is -0.160. The molecule has 162 valence electrons. The van der Waals surface area contributed by atoms with Crippen molar-refractivity contribution in [3.05, 3.63) is 51.5 Å². The van der Waals surface area contributed by atoms with Gasteiger partial charge in [0.2, 0.25) is 5.91 Å². The molecular weight excluding hydrogens is 410 g/mol. The molecule has 0 bridgehead atoms. The molecule has 8 heteroatoms. The Morgan fingerprint density at radius 3 is 2.80 bits per heavy atom. The molecule has 0 spiro atoms. The molecule has 1 aliphatic heterocycles. The number of ether oxygens (including phenoxy) is 1. The number of benzene rings is 1. The van der Waals surface area contributed by atoms with Crippen LogP contribution < -0.4 is 0 Å². The van der Waals surface area contributed by atoms with Crippen LogP contribution in [-0.2, 0) is 27.2 Å². The first-order valence-electron chi connectivity index (χ1n) is 10.1. The number of aromatic nitrogens is 1. The summed E-state index contributed by atoms with van der Waals surface area (Å²) < 4.78 is 32.9. The molecule has 1 aliphatic rings. The van der Waals surface area contributed by atoms with Gasteiger partial charge in [0.05, 0.1) is 23.2 Å². The fraction of sp³-hybridized carbons (Fsp3) is 0.500. The average Bonchev–Trinajstić information content (AvgIpc) is 3.13. The number of carbonyl (C=O) groups excluding carboxylic acids is 2. The van der Waals surface area contributed by atoms with Crippen molar-refractivity contribution >= 4 is 23.2 Å². The van der Waals surface area contributed by atoms with Crippen molar-refractivity contribution in [1.82, 2.24) is 9.88 Å². The Balaban J connectivity index is 1.77. The van der Waals surface area contributed by atoms with Gasteiger partial charge in [0.15, 0.2) is 0 Å². The summed E-state index contributed by atoms with van der Waals surface area (Å²) in [4.78, 5) is 32.7. The largest absolute Gasteiger partial charge is 0.466 e. The van der Waals surface area contributed by atoms with Gasteiger partial charge < -0.3 is 9.64 Å². The van der Waals surface area contributed by atoms with Gasteiger partial charge in [-0.2, -0.15) is 0 Å². The highest BCUT2D eigenvalue weighted by Gasteiger charge is 2.45. The van der Waals surface area contributed by atoms with Crippen LogP contribution in [0.3, 0.4) is 0 Å². The molecule has 1 saturated heterocycles. The second kappa shape index (κ2) is 9.64. The van der Waals surface area contributed by atoms with Crippen LogP contribution in [-0.4, -0.2) is 41.5 Å². The Labute approximate surface area is 179 Å². The highest BCUT2D eigenvalue weighted by Crippen LogP contribution is 2.36. The summed E-state index contributed by atoms with van der Waals surface area (Å²) in [5.74, 6) is -1.84. The zero-order valence-corrected chi connectivity index (χ0v) is 18.1. The number of esters is 1. The molecule has 2 aromatic rings. The van der Waals surface area contributed by atoms with Gasteiger partial charge >= 0.3 is 5.97 Å². The van der Waals surface area contributed by atoms with Gasteiger partial charge in [0.25, 0.3) is 0 Å². The molecule has 1 atom stereocenters. The fourth-order valence-corrected chi connectivity index (χ4v) is 4.77. The van der Waals surface area contributed by atoms with Crippen molar-refractivity contribution in [1.29, 1.82) is 0 Å². The lowest BCUT2D eigenvalue weighted by atomic mass is 9.74. The maximum absolute atomic E-state index is 14.3. The number of aryl methyl sites for hydroxylation is 2. The van der Waals surface area contributed by atoms with Crippen molar-refractivity contribution in [3.63, 3.8) is 0 Å². The lowest BCUT2D eigenvalue weighted by Gasteiger charge is -2.41. The van der Waals surface area contributed by atoms with Crippen LogP contribution in [0.4, 0.5) is 8.78 Å². The smallest absolute Gasteiger partial charge is 0.314 e. The van der Waals surface area contributed by atoms with Crippen molar-refractivity contribution in [2.24, 2.45) is 5.41 Å². The molecule has 0 aliphatic carbocycles. The molecule has 30 heavy (non-hydrogen) atoms. The van der Waals surface area contributed by atoms with Crippen LogP contribution in [0, 0.1) is 24.0 Å². The van der Waals surface area contributed by atoms with Gasteiger partial charge in [-0.3, -0.25) is 9.59 Å². The predicted octanol–water partition coefficient (Wildman–Crippen LogP) is 4.08. The van der Waals surface area contributed by atoms with E-state index in [1.54, 1.807) is 17.3 Å². The number of hydrogen-bond acceptors (Lipinski definition) is 5. The number of hydrogen-bond donors (Lipinski definition) is 0. The SMILES string of the molecule is CCOC(=O)C1(Cc2ccc(F)cc2F)CCCN(C(=O)CCc2scnc2C)C1. The zero-order chi connectivity index (χ0) is 21.7. The Morgan fingerprint density at radius 1 is 1.33 bits per heavy atom. The fourth-order valence-electron chi connectivity index (χ4n) is 3.99. The van der Waals surface area contributed by atoms with Gasteiger partial charge in [-0.15, -0.1) is 11.3 Å². The van der Waals surface area contributed by atoms with Gasteiger partial charge in [-0.1, -0.05) is 6.07 Å². The maximum Gasteiger partial charge on any atom is 0.314 e. The number of thiazole rings is 1. The summed E-state index contributed by atoms with van der Waals surface area (Å²) >= 11 is 1.53. The van der Waals surface area contributed by atoms with E-state index < -0.39 is 23.0 Å². The van der Waals surface area contributed by atoms with Gasteiger partial charge in [0.1, 0.15) is 11.6 Å². The van der Waals surface area contributed by atoms with E-state index >= 15 is 0 Å². The maximum atomic E-state index is 14.3. The van der Waals surface area contributed by atoms with Crippen LogP contribution in [0.2, 0.25) is 0 Å². The first-order chi connectivity index (χ1) is 14.3. The summed E-state index contributed by atoms with van der Waals surface area (Å²) in [6.07, 6.45) is 2.10. The first-order valence-corrected chi connectivity index (χ1v) is 11.0. The molecule has 2 heterocycles. The van der Waals surface area contributed by atoms with Crippen molar-refractivity contribution in [2.45, 2.75) is 46.0 Å². The molecule has 3 rings (SSSR count). The molecular formula is C22H26F2N2O3S. The molecule has 5 nitrogen and oxygen atoms in total. The highest BCUT2D eigenvalue weighted by molar-refractivity contribution is 7.09. The van der Waals surface area contributed by atoms with Crippen molar-refractivity contribution in [3.8, 4) is 0 Å². The van der Waals surface area contributed by atoms with Gasteiger partial charge in [0, 0.05) is 30.5 Å². The first kappa shape index (κ1) is 22.3. The third-order valence-electron chi connectivity index (χ3n) is 5.59. The van der Waals surface area contributed by atoms with E-state index in [0.29, 0.717) is 32.2 Å². The molecule has 0 N–H and O–H groups in total. The number of piperidine rings is 1. The number of carbonyl (C=O) groups is 2. The second-order valence-corrected chi connectivity index (χ2v) is 8.63. The van der Waals surface area contributed by atoms with Gasteiger partial charge in [-0.25, -0.2) is 13.8 Å². The summed E-state index contributed by atoms with van der Waals surface area (Å²) in [6, 6.07) is 3.36. The number of nitrogens with zero attached hydrogens (tertiary/aromatic N) is 2. The second-order valence-electron chi connectivity index (χ2n) is 7.69. The third kappa shape index (κ3) is 5.03. The van der Waals surface area contributed by atoms with Crippen molar-refractivity contribution < 1.29 is 23.1 Å². The minimum atomic E-state index is -1.04. The quantitative estimate of drug-likeness (QED) is 0.614. The van der Waals surface area contributed by atoms with E-state index in [2.05, 4.69) is 4.98 Å². The van der Waals surface area contributed by atoms with E-state index in [-0.39, 0.29) is 31.0 Å². The molecule has 1 aromatic heterocycles. The van der Waals surface area contributed by atoms with Crippen LogP contribution in [0.15, 0.2) is 23.7 Å². The normalized spacial score (nSPS) is 19.0. The van der Waals surface area contributed by atoms with E-state index in [0.717, 1.165) is 16.6 Å². The number of halogens is 2. The highest BCUT2D eigenvalue weighted by atomic mass is 32.1. The van der Waals surface area contributed by atoms with E-state index in [1.165, 1.54) is 23.5 Å². The third-order valence-corrected chi connectivity index (χ3v) is 6.59. The minimum Gasteiger partial charge on any atom is -0.466 e. The number of rotatable bonds is 7. The molecule has 1 fully saturated rings. The van der Waals surface area contributed by atoms with E-state index in [4.69, 9.17) is 4.74 Å². The Bertz CT molecular complexity index is 918. The zero-order valence-electron chi connectivity index (χ0n) is 17.2. The lowest BCUT2D eigenvalue weighted by Crippen LogP contribution is -2.51. The number of amides is 1. The van der Waals surface area contributed by atoms with E-state index in [1.807, 2.05) is 6.92 Å². The van der Waals surface area contributed by atoms with E-state index in [9.17, 15) is 18.4 Å². The summed E-state index contributed by atoms with van der Waals surface area (Å²) in [7, 11) is 0. The Hall–Kier alpha value is -2.35. The Morgan fingerprint density at radius 2 is 2.13 bits per heavy atom. The number of likely N-dealkylation sites (tertiary alicyclic amines) is 1. The van der Waals surface area contributed by atoms with Gasteiger partial charge in [-0.05, 0) is 51.2 Å². The summed E-state index contributed by atoms with van der Waals surface area (Å²) in [6.45, 7) is 4.55. The van der Waals surface area contributed by atoms with Crippen LogP contribution in [0.1, 0.15) is 42.3 Å². The molecule has 1 aromatic carbocycles. The molecule has 0 saturated carbocycles. The predicted molar refractivity (Wildman–Crippen MR) is 110 cm³/mol. The van der Waals surface area contributed by atoms with Crippen LogP contribution in [0.25, 0.3) is 0 Å². The monoisotopic (exact) mass is 436 g/mol. The standard InChI is InChI=1S/C22H26F2N2O3S/c1-3-29-21(28)22(12-16-5-6-17(23)11-18(16)24)9-4-10-26(13-22)20(27)8-7-19-15(2)25-14-30-19/h5-6,11,14H,3-4,7-10,12-13H2,1-2H3. The molecule has 1 unspecified atom stereocenters. The van der Waals surface area contributed by atoms with Crippen molar-refractivity contribution in [2.75, 3.05) is 19.7 Å².